The highest BCUT2D eigenvalue weighted by Crippen LogP contribution is 2.36. The van der Waals surface area contributed by atoms with E-state index in [0.29, 0.717) is 0 Å². The van der Waals surface area contributed by atoms with Crippen molar-refractivity contribution in [3.8, 4) is 0 Å². The molecule has 3 atom stereocenters. The maximum atomic E-state index is 13.1. The number of carbonyl (C=O) groups excluding carboxylic acids is 1. The molecule has 10 nitrogen and oxygen atoms in total. The topological polar surface area (TPSA) is 112 Å². The Morgan fingerprint density at radius 3 is 2.42 bits per heavy atom. The third-order valence-corrected chi connectivity index (χ3v) is 8.06. The first-order valence-electron chi connectivity index (χ1n) is 11.7. The van der Waals surface area contributed by atoms with Crippen molar-refractivity contribution in [1.82, 2.24) is 9.73 Å². The minimum absolute atomic E-state index is 0.0206. The van der Waals surface area contributed by atoms with E-state index in [-0.39, 0.29) is 44.2 Å². The highest BCUT2D eigenvalue weighted by atomic mass is 32.2. The van der Waals surface area contributed by atoms with Crippen LogP contribution >= 0.6 is 8.18 Å². The number of amides is 1. The molecule has 1 amide bonds. The van der Waals surface area contributed by atoms with Crippen molar-refractivity contribution in [2.24, 2.45) is 0 Å². The lowest BCUT2D eigenvalue weighted by Gasteiger charge is -2.37. The molecule has 2 aromatic carbocycles. The quantitative estimate of drug-likeness (QED) is 0.233. The van der Waals surface area contributed by atoms with Crippen LogP contribution in [0.5, 0.6) is 0 Å². The number of piperidine rings is 1. The van der Waals surface area contributed by atoms with E-state index in [1.165, 1.54) is 17.0 Å². The number of hydrogen-bond acceptors (Lipinski definition) is 8. The van der Waals surface area contributed by atoms with Crippen LogP contribution in [0.25, 0.3) is 0 Å². The molecule has 36 heavy (non-hydrogen) atoms. The summed E-state index contributed by atoms with van der Waals surface area (Å²) >= 11 is 0. The lowest BCUT2D eigenvalue weighted by Crippen LogP contribution is -2.55. The van der Waals surface area contributed by atoms with Crippen LogP contribution in [0.1, 0.15) is 31.4 Å². The van der Waals surface area contributed by atoms with Gasteiger partial charge in [0.2, 0.25) is 0 Å². The van der Waals surface area contributed by atoms with Crippen molar-refractivity contribution >= 4 is 24.4 Å². The number of rotatable bonds is 11. The summed E-state index contributed by atoms with van der Waals surface area (Å²) in [5.74, 6) is 0. The van der Waals surface area contributed by atoms with E-state index in [4.69, 9.17) is 18.3 Å². The highest BCUT2D eigenvalue weighted by Gasteiger charge is 2.48. The smallest absolute Gasteiger partial charge is 0.445 e. The van der Waals surface area contributed by atoms with E-state index in [1.54, 1.807) is 26.0 Å². The summed E-state index contributed by atoms with van der Waals surface area (Å²) in [5, 5.41) is 0. The molecule has 1 heterocycles. The van der Waals surface area contributed by atoms with Gasteiger partial charge < -0.3 is 9.64 Å². The van der Waals surface area contributed by atoms with E-state index >= 15 is 0 Å². The number of nitrogens with zero attached hydrogens (tertiary/aromatic N) is 2. The van der Waals surface area contributed by atoms with Gasteiger partial charge in [0.25, 0.3) is 10.1 Å². The molecule has 196 valence electrons. The Labute approximate surface area is 213 Å². The van der Waals surface area contributed by atoms with Crippen LogP contribution in [0.4, 0.5) is 4.79 Å². The van der Waals surface area contributed by atoms with Gasteiger partial charge in [0.1, 0.15) is 25.4 Å². The van der Waals surface area contributed by atoms with Crippen LogP contribution < -0.4 is 0 Å². The number of ether oxygens (including phenoxy) is 1. The molecule has 0 aromatic heterocycles. The van der Waals surface area contributed by atoms with Gasteiger partial charge in [-0.2, -0.15) is 8.42 Å². The van der Waals surface area contributed by atoms with Gasteiger partial charge in [-0.1, -0.05) is 48.0 Å². The summed E-state index contributed by atoms with van der Waals surface area (Å²) in [5.41, 5.74) is 1.72. The zero-order valence-electron chi connectivity index (χ0n) is 20.6. The molecule has 0 spiro atoms. The van der Waals surface area contributed by atoms with Crippen LogP contribution in [-0.4, -0.2) is 62.7 Å². The number of hydroxylamine groups is 1. The normalized spacial score (nSPS) is 18.8. The van der Waals surface area contributed by atoms with Crippen LogP contribution in [0, 0.1) is 6.92 Å². The van der Waals surface area contributed by atoms with Crippen molar-refractivity contribution < 1.29 is 36.1 Å². The number of carbonyl (C=O) groups is 1. The summed E-state index contributed by atoms with van der Waals surface area (Å²) in [6.07, 6.45) is -1.46. The van der Waals surface area contributed by atoms with Gasteiger partial charge in [-0.25, -0.2) is 4.79 Å². The first-order chi connectivity index (χ1) is 17.2. The molecule has 12 heteroatoms. The van der Waals surface area contributed by atoms with Gasteiger partial charge in [-0.05, 0) is 49.5 Å². The zero-order chi connectivity index (χ0) is 26.1. The van der Waals surface area contributed by atoms with E-state index in [2.05, 4.69) is 0 Å². The molecule has 0 aliphatic carbocycles. The van der Waals surface area contributed by atoms with Crippen LogP contribution in [0.15, 0.2) is 59.5 Å². The third-order valence-electron chi connectivity index (χ3n) is 5.49. The molecule has 3 unspecified atom stereocenters. The first kappa shape index (κ1) is 28.2. The third kappa shape index (κ3) is 7.55. The lowest BCUT2D eigenvalue weighted by molar-refractivity contribution is -0.147. The molecule has 0 N–H and O–H groups in total. The largest absolute Gasteiger partial charge is 0.642 e. The maximum absolute atomic E-state index is 13.1. The molecule has 2 aromatic rings. The van der Waals surface area contributed by atoms with Crippen molar-refractivity contribution in [2.75, 3.05) is 26.3 Å². The molecule has 1 fully saturated rings. The Morgan fingerprint density at radius 2 is 1.78 bits per heavy atom. The second kappa shape index (κ2) is 13.2. The number of aryl methyl sites for hydroxylation is 1. The fraction of sp³-hybridized carbons (Fsp3) is 0.458. The average molecular weight is 540 g/mol. The van der Waals surface area contributed by atoms with Gasteiger partial charge in [0.05, 0.1) is 22.9 Å². The summed E-state index contributed by atoms with van der Waals surface area (Å²) in [4.78, 5) is 20.9. The second-order valence-electron chi connectivity index (χ2n) is 8.12. The second-order valence-corrected chi connectivity index (χ2v) is 10.8. The Balaban J connectivity index is 1.81. The molecule has 1 aliphatic rings. The van der Waals surface area contributed by atoms with Crippen LogP contribution in [0.3, 0.4) is 0 Å². The number of benzene rings is 2. The Bertz CT molecular complexity index is 1110. The summed E-state index contributed by atoms with van der Waals surface area (Å²) in [7, 11) is -6.61. The first-order valence-corrected chi connectivity index (χ1v) is 14.3. The van der Waals surface area contributed by atoms with Gasteiger partial charge >= 0.3 is 14.3 Å². The summed E-state index contributed by atoms with van der Waals surface area (Å²) in [6.45, 7) is 5.81. The van der Waals surface area contributed by atoms with Crippen molar-refractivity contribution in [1.29, 1.82) is 0 Å². The molecule has 0 radical (unpaired) electrons. The van der Waals surface area contributed by atoms with Crippen molar-refractivity contribution in [3.63, 3.8) is 0 Å². The standard InChI is InChI=1S/C24H32N2O8PS/c1-4-32-26(35(28)33-5-2)22-15-16-25(24(27)31-18-20-9-7-6-8-10-20)17-23(22)34-36(29,30)21-13-11-19(3)12-14-21/h6-14,22-23H,4-5,15-18H2,1-3H3/q+1. The lowest BCUT2D eigenvalue weighted by atomic mass is 10.0. The number of likely N-dealkylation sites (tertiary alicyclic amines) is 1. The van der Waals surface area contributed by atoms with E-state index in [0.717, 1.165) is 16.0 Å². The molecule has 3 rings (SSSR count). The van der Waals surface area contributed by atoms with Crippen molar-refractivity contribution in [3.05, 3.63) is 65.7 Å². The van der Waals surface area contributed by atoms with Crippen LogP contribution in [0.2, 0.25) is 0 Å². The Morgan fingerprint density at radius 1 is 1.08 bits per heavy atom. The summed E-state index contributed by atoms with van der Waals surface area (Å²) in [6, 6.07) is 14.7. The minimum Gasteiger partial charge on any atom is -0.445 e. The SMILES string of the molecule is CCON(C1CCN(C(=O)OCc2ccccc2)CC1OS(=O)(=O)c1ccc(C)cc1)[P+](=O)OCC. The Kier molecular flexibility index (Phi) is 10.4. The van der Waals surface area contributed by atoms with Crippen molar-refractivity contribution in [2.45, 2.75) is 50.8 Å². The highest BCUT2D eigenvalue weighted by molar-refractivity contribution is 7.86. The van der Waals surface area contributed by atoms with Crippen LogP contribution in [-0.2, 0) is 39.6 Å². The van der Waals surface area contributed by atoms with Gasteiger partial charge in [0.15, 0.2) is 0 Å². The summed E-state index contributed by atoms with van der Waals surface area (Å²) < 4.78 is 55.3. The average Bonchev–Trinajstić information content (AvgIpc) is 2.87. The molecule has 0 saturated carbocycles. The molecular weight excluding hydrogens is 507 g/mol. The molecule has 1 saturated heterocycles. The van der Waals surface area contributed by atoms with E-state index in [9.17, 15) is 17.8 Å². The maximum Gasteiger partial charge on any atom is 0.642 e. The fourth-order valence-electron chi connectivity index (χ4n) is 3.71. The zero-order valence-corrected chi connectivity index (χ0v) is 22.3. The molecular formula is C24H32N2O8PS+. The van der Waals surface area contributed by atoms with Gasteiger partial charge in [0, 0.05) is 6.54 Å². The monoisotopic (exact) mass is 539 g/mol. The minimum atomic E-state index is -4.20. The fourth-order valence-corrected chi connectivity index (χ4v) is 5.86. The number of hydrogen-bond donors (Lipinski definition) is 0. The predicted octanol–water partition coefficient (Wildman–Crippen LogP) is 4.43. The van der Waals surface area contributed by atoms with Gasteiger partial charge in [-0.3, -0.25) is 9.02 Å². The molecule has 1 aliphatic heterocycles. The van der Waals surface area contributed by atoms with E-state index < -0.39 is 36.5 Å². The van der Waals surface area contributed by atoms with Gasteiger partial charge in [-0.15, -0.1) is 4.52 Å². The Hall–Kier alpha value is -2.40. The predicted molar refractivity (Wildman–Crippen MR) is 133 cm³/mol. The van der Waals surface area contributed by atoms with E-state index in [1.807, 2.05) is 37.3 Å². The molecule has 0 bridgehead atoms.